The molecule has 1 fully saturated rings. The summed E-state index contributed by atoms with van der Waals surface area (Å²) in [6, 6.07) is 5.92. The van der Waals surface area contributed by atoms with Gasteiger partial charge in [-0.25, -0.2) is 4.68 Å². The molecule has 1 aliphatic carbocycles. The molecule has 6 heteroatoms. The van der Waals surface area contributed by atoms with Crippen molar-refractivity contribution in [3.8, 4) is 11.4 Å². The summed E-state index contributed by atoms with van der Waals surface area (Å²) >= 11 is 6.23. The molecule has 1 aromatic heterocycles. The van der Waals surface area contributed by atoms with Crippen LogP contribution in [-0.4, -0.2) is 20.2 Å². The number of tetrazole rings is 1. The highest BCUT2D eigenvalue weighted by Gasteiger charge is 2.23. The molecule has 0 spiro atoms. The molecule has 0 amide bonds. The Labute approximate surface area is 110 Å². The zero-order valence-electron chi connectivity index (χ0n) is 9.88. The van der Waals surface area contributed by atoms with E-state index in [4.69, 9.17) is 17.3 Å². The number of aromatic nitrogens is 4. The summed E-state index contributed by atoms with van der Waals surface area (Å²) in [5, 5.41) is 12.5. The summed E-state index contributed by atoms with van der Waals surface area (Å²) in [5.74, 6) is 0.708. The van der Waals surface area contributed by atoms with Crippen molar-refractivity contribution in [3.05, 3.63) is 23.2 Å². The number of nitrogens with zero attached hydrogens (tertiary/aromatic N) is 4. The van der Waals surface area contributed by atoms with E-state index in [-0.39, 0.29) is 0 Å². The van der Waals surface area contributed by atoms with E-state index < -0.39 is 0 Å². The van der Waals surface area contributed by atoms with Crippen LogP contribution in [0.1, 0.15) is 31.7 Å². The lowest BCUT2D eigenvalue weighted by Gasteiger charge is -2.12. The fraction of sp³-hybridized carbons (Fsp3) is 0.417. The Balaban J connectivity index is 2.06. The minimum atomic E-state index is 0.382. The first-order chi connectivity index (χ1) is 8.77. The molecule has 2 aromatic rings. The Bertz CT molecular complexity index is 559. The van der Waals surface area contributed by atoms with E-state index in [9.17, 15) is 0 Å². The first-order valence-corrected chi connectivity index (χ1v) is 6.47. The van der Waals surface area contributed by atoms with Gasteiger partial charge in [0.2, 0.25) is 0 Å². The summed E-state index contributed by atoms with van der Waals surface area (Å²) in [5.41, 5.74) is 7.17. The van der Waals surface area contributed by atoms with Crippen molar-refractivity contribution in [1.29, 1.82) is 0 Å². The lowest BCUT2D eigenvalue weighted by atomic mass is 10.1. The van der Waals surface area contributed by atoms with Gasteiger partial charge < -0.3 is 5.73 Å². The Hall–Kier alpha value is -1.62. The molecular formula is C12H14ClN5. The zero-order chi connectivity index (χ0) is 12.5. The second kappa shape index (κ2) is 4.57. The molecule has 1 saturated carbocycles. The van der Waals surface area contributed by atoms with Gasteiger partial charge in [-0.05, 0) is 35.4 Å². The third kappa shape index (κ3) is 1.84. The largest absolute Gasteiger partial charge is 0.398 e. The quantitative estimate of drug-likeness (QED) is 0.846. The minimum absolute atomic E-state index is 0.382. The Morgan fingerprint density at radius 3 is 2.83 bits per heavy atom. The van der Waals surface area contributed by atoms with Crippen molar-refractivity contribution in [2.24, 2.45) is 0 Å². The fourth-order valence-electron chi connectivity index (χ4n) is 2.49. The maximum absolute atomic E-state index is 6.23. The van der Waals surface area contributed by atoms with Gasteiger partial charge in [0.05, 0.1) is 16.8 Å². The number of hydrogen-bond acceptors (Lipinski definition) is 4. The van der Waals surface area contributed by atoms with E-state index in [0.717, 1.165) is 18.4 Å². The highest BCUT2D eigenvalue weighted by Crippen LogP contribution is 2.35. The number of nitrogens with two attached hydrogens (primary N) is 1. The van der Waals surface area contributed by atoms with E-state index in [1.807, 2.05) is 16.8 Å². The predicted octanol–water partition coefficient (Wildman–Crippen LogP) is 2.69. The molecule has 0 unspecified atom stereocenters. The molecule has 0 aliphatic heterocycles. The zero-order valence-corrected chi connectivity index (χ0v) is 10.6. The first-order valence-electron chi connectivity index (χ1n) is 6.09. The van der Waals surface area contributed by atoms with Crippen molar-refractivity contribution < 1.29 is 0 Å². The third-order valence-electron chi connectivity index (χ3n) is 3.43. The van der Waals surface area contributed by atoms with Crippen LogP contribution in [0.2, 0.25) is 5.02 Å². The van der Waals surface area contributed by atoms with Gasteiger partial charge in [-0.2, -0.15) is 0 Å². The van der Waals surface area contributed by atoms with Crippen LogP contribution in [-0.2, 0) is 0 Å². The van der Waals surface area contributed by atoms with Crippen molar-refractivity contribution in [1.82, 2.24) is 20.2 Å². The van der Waals surface area contributed by atoms with E-state index in [0.29, 0.717) is 22.6 Å². The lowest BCUT2D eigenvalue weighted by Crippen LogP contribution is -2.09. The molecule has 2 N–H and O–H groups in total. The number of hydrogen-bond donors (Lipinski definition) is 1. The first kappa shape index (κ1) is 11.5. The topological polar surface area (TPSA) is 69.6 Å². The van der Waals surface area contributed by atoms with Gasteiger partial charge in [0.25, 0.3) is 0 Å². The molecule has 1 aliphatic rings. The summed E-state index contributed by atoms with van der Waals surface area (Å²) in [6.07, 6.45) is 4.71. The van der Waals surface area contributed by atoms with E-state index in [2.05, 4.69) is 15.5 Å². The van der Waals surface area contributed by atoms with Crippen LogP contribution in [0, 0.1) is 0 Å². The maximum Gasteiger partial charge on any atom is 0.183 e. The lowest BCUT2D eigenvalue weighted by molar-refractivity contribution is 0.458. The van der Waals surface area contributed by atoms with Crippen LogP contribution in [0.3, 0.4) is 0 Å². The smallest absolute Gasteiger partial charge is 0.183 e. The molecule has 1 aromatic carbocycles. The normalized spacial score (nSPS) is 16.3. The fourth-order valence-corrected chi connectivity index (χ4v) is 2.70. The monoisotopic (exact) mass is 263 g/mol. The van der Waals surface area contributed by atoms with Crippen LogP contribution in [0.15, 0.2) is 18.2 Å². The number of rotatable bonds is 2. The SMILES string of the molecule is Nc1cccc(-c2nnnn2C2CCCC2)c1Cl. The van der Waals surface area contributed by atoms with Crippen LogP contribution < -0.4 is 5.73 Å². The molecule has 0 bridgehead atoms. The van der Waals surface area contributed by atoms with Crippen LogP contribution >= 0.6 is 11.6 Å². The predicted molar refractivity (Wildman–Crippen MR) is 70.2 cm³/mol. The van der Waals surface area contributed by atoms with Crippen molar-refractivity contribution in [2.45, 2.75) is 31.7 Å². The summed E-state index contributed by atoms with van der Waals surface area (Å²) < 4.78 is 1.88. The summed E-state index contributed by atoms with van der Waals surface area (Å²) in [4.78, 5) is 0. The molecule has 94 valence electrons. The van der Waals surface area contributed by atoms with E-state index >= 15 is 0 Å². The molecule has 0 saturated heterocycles. The summed E-state index contributed by atoms with van der Waals surface area (Å²) in [6.45, 7) is 0. The van der Waals surface area contributed by atoms with E-state index in [1.165, 1.54) is 12.8 Å². The average molecular weight is 264 g/mol. The average Bonchev–Trinajstić information content (AvgIpc) is 3.01. The Kier molecular flexibility index (Phi) is 2.91. The van der Waals surface area contributed by atoms with Gasteiger partial charge in [-0.1, -0.05) is 30.5 Å². The second-order valence-corrected chi connectivity index (χ2v) is 4.97. The highest BCUT2D eigenvalue weighted by atomic mass is 35.5. The third-order valence-corrected chi connectivity index (χ3v) is 3.85. The van der Waals surface area contributed by atoms with Crippen molar-refractivity contribution in [3.63, 3.8) is 0 Å². The van der Waals surface area contributed by atoms with Gasteiger partial charge in [0, 0.05) is 5.56 Å². The number of anilines is 1. The minimum Gasteiger partial charge on any atom is -0.398 e. The van der Waals surface area contributed by atoms with Gasteiger partial charge >= 0.3 is 0 Å². The Morgan fingerprint density at radius 2 is 2.06 bits per heavy atom. The standard InChI is InChI=1S/C12H14ClN5/c13-11-9(6-3-7-10(11)14)12-15-16-17-18(12)8-4-1-2-5-8/h3,6-8H,1-2,4-5,14H2. The van der Waals surface area contributed by atoms with Gasteiger partial charge in [-0.15, -0.1) is 5.10 Å². The van der Waals surface area contributed by atoms with Gasteiger partial charge in [0.1, 0.15) is 0 Å². The maximum atomic E-state index is 6.23. The van der Waals surface area contributed by atoms with Crippen molar-refractivity contribution >= 4 is 17.3 Å². The molecule has 5 nitrogen and oxygen atoms in total. The van der Waals surface area contributed by atoms with Crippen LogP contribution in [0.5, 0.6) is 0 Å². The number of nitrogen functional groups attached to an aromatic ring is 1. The summed E-state index contributed by atoms with van der Waals surface area (Å²) in [7, 11) is 0. The van der Waals surface area contributed by atoms with Crippen LogP contribution in [0.25, 0.3) is 11.4 Å². The number of halogens is 1. The van der Waals surface area contributed by atoms with Gasteiger partial charge in [-0.3, -0.25) is 0 Å². The molecular weight excluding hydrogens is 250 g/mol. The van der Waals surface area contributed by atoms with Gasteiger partial charge in [0.15, 0.2) is 5.82 Å². The molecule has 3 rings (SSSR count). The molecule has 1 heterocycles. The molecule has 0 atom stereocenters. The molecule has 18 heavy (non-hydrogen) atoms. The Morgan fingerprint density at radius 1 is 1.28 bits per heavy atom. The van der Waals surface area contributed by atoms with E-state index in [1.54, 1.807) is 6.07 Å². The molecule has 0 radical (unpaired) electrons. The van der Waals surface area contributed by atoms with Crippen molar-refractivity contribution in [2.75, 3.05) is 5.73 Å². The van der Waals surface area contributed by atoms with Crippen LogP contribution in [0.4, 0.5) is 5.69 Å². The number of benzene rings is 1. The second-order valence-electron chi connectivity index (χ2n) is 4.59. The highest BCUT2D eigenvalue weighted by molar-refractivity contribution is 6.35.